The van der Waals surface area contributed by atoms with Crippen LogP contribution in [0.25, 0.3) is 79.8 Å². The lowest BCUT2D eigenvalue weighted by molar-refractivity contribution is 0.807. The number of nitrogens with one attached hydrogen (secondary N) is 2. The van der Waals surface area contributed by atoms with E-state index in [2.05, 4.69) is 226 Å². The summed E-state index contributed by atoms with van der Waals surface area (Å²) in [5, 5.41) is 0. The predicted molar refractivity (Wildman–Crippen MR) is 302 cm³/mol. The second kappa shape index (κ2) is 19.6. The SMILES string of the molecule is CC(C)c1cc(C(C)C)c(-c2c3nc(c(-c4c(C(C)C)cc(C(C)C)cc4C(C)C)c4ccc([nH]4)c(-c4c(C(C)C)cc(C(C)C)cc4C(C)C)c4nc(cc5ccc2[nH]5)C=C4)C=C3)c(C(C)C)c1. The van der Waals surface area contributed by atoms with Crippen LogP contribution in [0.15, 0.2) is 66.7 Å². The molecule has 0 amide bonds. The molecule has 0 atom stereocenters. The van der Waals surface area contributed by atoms with Crippen LogP contribution < -0.4 is 0 Å². The van der Waals surface area contributed by atoms with Gasteiger partial charge < -0.3 is 9.97 Å². The Balaban J connectivity index is 1.64. The van der Waals surface area contributed by atoms with Crippen LogP contribution in [0.3, 0.4) is 0 Å². The topological polar surface area (TPSA) is 57.4 Å². The zero-order chi connectivity index (χ0) is 49.9. The van der Waals surface area contributed by atoms with Crippen LogP contribution in [0.1, 0.15) is 251 Å². The van der Waals surface area contributed by atoms with Gasteiger partial charge in [-0.2, -0.15) is 0 Å². The lowest BCUT2D eigenvalue weighted by Crippen LogP contribution is -2.05. The summed E-state index contributed by atoms with van der Waals surface area (Å²) in [5.74, 6) is 2.97. The number of nitrogens with zero attached hydrogens (tertiary/aromatic N) is 2. The summed E-state index contributed by atoms with van der Waals surface area (Å²) in [7, 11) is 0. The number of hydrogen-bond acceptors (Lipinski definition) is 2. The highest BCUT2D eigenvalue weighted by Gasteiger charge is 2.28. The summed E-state index contributed by atoms with van der Waals surface area (Å²) < 4.78 is 0. The highest BCUT2D eigenvalue weighted by atomic mass is 14.8. The minimum absolute atomic E-state index is 0.279. The molecular formula is C65H80N4. The smallest absolute Gasteiger partial charge is 0.0737 e. The van der Waals surface area contributed by atoms with Gasteiger partial charge >= 0.3 is 0 Å². The van der Waals surface area contributed by atoms with Gasteiger partial charge in [0, 0.05) is 38.8 Å². The van der Waals surface area contributed by atoms with Crippen molar-refractivity contribution in [3.05, 3.63) is 140 Å². The van der Waals surface area contributed by atoms with Crippen molar-refractivity contribution in [2.75, 3.05) is 0 Å². The van der Waals surface area contributed by atoms with Crippen LogP contribution in [0.5, 0.6) is 0 Å². The molecule has 0 aliphatic carbocycles. The van der Waals surface area contributed by atoms with E-state index >= 15 is 0 Å². The van der Waals surface area contributed by atoms with E-state index in [1.54, 1.807) is 0 Å². The molecule has 8 rings (SSSR count). The number of fused-ring (bicyclic) bond motifs is 8. The molecule has 2 N–H and O–H groups in total. The molecule has 69 heavy (non-hydrogen) atoms. The first-order valence-corrected chi connectivity index (χ1v) is 26.3. The molecule has 0 radical (unpaired) electrons. The second-order valence-electron chi connectivity index (χ2n) is 23.0. The van der Waals surface area contributed by atoms with E-state index in [1.807, 2.05) is 0 Å². The second-order valence-corrected chi connectivity index (χ2v) is 23.0. The van der Waals surface area contributed by atoms with E-state index in [0.717, 1.165) is 61.5 Å². The third-order valence-electron chi connectivity index (χ3n) is 14.7. The molecule has 360 valence electrons. The highest BCUT2D eigenvalue weighted by molar-refractivity contribution is 6.00. The van der Waals surface area contributed by atoms with Crippen LogP contribution in [0.2, 0.25) is 0 Å². The number of aromatic amines is 2. The average molecular weight is 917 g/mol. The molecule has 0 fully saturated rings. The summed E-state index contributed by atoms with van der Waals surface area (Å²) in [6, 6.07) is 26.2. The normalized spacial score (nSPS) is 13.0. The maximum Gasteiger partial charge on any atom is 0.0737 e. The number of hydrogen-bond donors (Lipinski definition) is 2. The Hall–Kier alpha value is -5.74. The summed E-state index contributed by atoms with van der Waals surface area (Å²) in [4.78, 5) is 19.5. The predicted octanol–water partition coefficient (Wildman–Crippen LogP) is 19.8. The molecule has 0 unspecified atom stereocenters. The quantitative estimate of drug-likeness (QED) is 0.128. The van der Waals surface area contributed by atoms with Crippen LogP contribution >= 0.6 is 0 Å². The van der Waals surface area contributed by atoms with Gasteiger partial charge in [0.15, 0.2) is 0 Å². The van der Waals surface area contributed by atoms with Gasteiger partial charge in [0.2, 0.25) is 0 Å². The fourth-order valence-corrected chi connectivity index (χ4v) is 10.7. The maximum atomic E-state index is 5.89. The monoisotopic (exact) mass is 917 g/mol. The van der Waals surface area contributed by atoms with E-state index in [9.17, 15) is 0 Å². The number of rotatable bonds is 12. The summed E-state index contributed by atoms with van der Waals surface area (Å²) >= 11 is 0. The van der Waals surface area contributed by atoms with E-state index < -0.39 is 0 Å². The van der Waals surface area contributed by atoms with Crippen molar-refractivity contribution in [1.82, 2.24) is 19.9 Å². The molecule has 3 aromatic carbocycles. The van der Waals surface area contributed by atoms with Crippen molar-refractivity contribution >= 4 is 46.4 Å². The van der Waals surface area contributed by atoms with Crippen LogP contribution in [0.4, 0.5) is 0 Å². The number of aromatic nitrogens is 4. The lowest BCUT2D eigenvalue weighted by atomic mass is 9.81. The summed E-state index contributed by atoms with van der Waals surface area (Å²) in [6.07, 6.45) is 9.01. The molecule has 4 nitrogen and oxygen atoms in total. The van der Waals surface area contributed by atoms with E-state index in [-0.39, 0.29) is 11.8 Å². The molecule has 0 saturated heterocycles. The van der Waals surface area contributed by atoms with Crippen molar-refractivity contribution in [3.8, 4) is 33.4 Å². The Bertz CT molecular complexity index is 2990. The third kappa shape index (κ3) is 9.50. The average Bonchev–Trinajstić information content (AvgIpc) is 4.13. The minimum atomic E-state index is 0.279. The van der Waals surface area contributed by atoms with Gasteiger partial charge in [0.05, 0.1) is 22.8 Å². The molecule has 3 aromatic heterocycles. The van der Waals surface area contributed by atoms with E-state index in [4.69, 9.17) is 9.97 Å². The molecule has 0 spiro atoms. The summed E-state index contributed by atoms with van der Waals surface area (Å²) in [6.45, 7) is 42.0. The fraction of sp³-hybridized carbons (Fsp3) is 0.415. The fourth-order valence-electron chi connectivity index (χ4n) is 10.7. The van der Waals surface area contributed by atoms with Crippen LogP contribution in [0, 0.1) is 0 Å². The van der Waals surface area contributed by atoms with Gasteiger partial charge in [-0.25, -0.2) is 9.97 Å². The van der Waals surface area contributed by atoms with Gasteiger partial charge in [0.1, 0.15) is 0 Å². The molecule has 0 saturated carbocycles. The van der Waals surface area contributed by atoms with Gasteiger partial charge in [-0.05, 0) is 175 Å². The standard InChI is InChI=1S/C65H80N4/c1-34(2)43-27-48(37(7)8)60(49(28-43)38(9)10)63-54-21-19-46(66-54)33-47-20-22-55(67-47)64(61-50(39(11)12)29-44(35(3)4)30-51(61)40(13)14)57-24-26-59(69-57)65(58-25-23-56(63)68-58)62-52(41(15)16)31-45(36(5)6)32-53(62)42(17)18/h19-42,66,69H,1-18H3. The van der Waals surface area contributed by atoms with Crippen LogP contribution in [-0.2, 0) is 0 Å². The first kappa shape index (κ1) is 49.7. The zero-order valence-electron chi connectivity index (χ0n) is 45.3. The first-order valence-electron chi connectivity index (χ1n) is 26.3. The maximum absolute atomic E-state index is 5.89. The molecular weight excluding hydrogens is 837 g/mol. The molecule has 4 heteroatoms. The molecule has 8 bridgehead atoms. The van der Waals surface area contributed by atoms with E-state index in [1.165, 1.54) is 66.8 Å². The highest BCUT2D eigenvalue weighted by Crippen LogP contribution is 2.47. The first-order chi connectivity index (χ1) is 32.6. The Labute approximate surface area is 415 Å². The van der Waals surface area contributed by atoms with Gasteiger partial charge in [-0.15, -0.1) is 0 Å². The molecule has 2 aliphatic heterocycles. The molecule has 2 aliphatic rings. The Kier molecular flexibility index (Phi) is 14.1. The van der Waals surface area contributed by atoms with Crippen molar-refractivity contribution in [3.63, 3.8) is 0 Å². The number of H-pyrrole nitrogens is 2. The van der Waals surface area contributed by atoms with Crippen molar-refractivity contribution in [1.29, 1.82) is 0 Å². The van der Waals surface area contributed by atoms with E-state index in [0.29, 0.717) is 41.4 Å². The Morgan fingerprint density at radius 3 is 0.899 bits per heavy atom. The van der Waals surface area contributed by atoms with Gasteiger partial charge in [-0.3, -0.25) is 0 Å². The Morgan fingerprint density at radius 1 is 0.290 bits per heavy atom. The zero-order valence-corrected chi connectivity index (χ0v) is 45.3. The van der Waals surface area contributed by atoms with Crippen molar-refractivity contribution in [2.24, 2.45) is 0 Å². The summed E-state index contributed by atoms with van der Waals surface area (Å²) in [5.41, 5.74) is 27.6. The molecule has 6 aromatic rings. The Morgan fingerprint density at radius 2 is 0.580 bits per heavy atom. The van der Waals surface area contributed by atoms with Gasteiger partial charge in [0.25, 0.3) is 0 Å². The largest absolute Gasteiger partial charge is 0.355 e. The molecule has 5 heterocycles. The third-order valence-corrected chi connectivity index (χ3v) is 14.7. The lowest BCUT2D eigenvalue weighted by Gasteiger charge is -2.24. The van der Waals surface area contributed by atoms with Crippen molar-refractivity contribution in [2.45, 2.75) is 178 Å². The van der Waals surface area contributed by atoms with Crippen LogP contribution in [-0.4, -0.2) is 19.9 Å². The number of benzene rings is 3. The van der Waals surface area contributed by atoms with Crippen molar-refractivity contribution < 1.29 is 0 Å². The van der Waals surface area contributed by atoms with Gasteiger partial charge in [-0.1, -0.05) is 161 Å². The minimum Gasteiger partial charge on any atom is -0.355 e.